The number of nitrogens with zero attached hydrogens (tertiary/aromatic N) is 1. The molecule has 1 heterocycles. The van der Waals surface area contributed by atoms with Crippen molar-refractivity contribution in [2.24, 2.45) is 23.7 Å². The van der Waals surface area contributed by atoms with Crippen molar-refractivity contribution in [1.82, 2.24) is 10.2 Å². The van der Waals surface area contributed by atoms with Crippen LogP contribution in [0.2, 0.25) is 0 Å². The summed E-state index contributed by atoms with van der Waals surface area (Å²) < 4.78 is 5.30. The molecule has 0 spiro atoms. The molecule has 1 saturated heterocycles. The number of rotatable bonds is 6. The van der Waals surface area contributed by atoms with E-state index in [1.54, 1.807) is 6.92 Å². The molecule has 0 radical (unpaired) electrons. The molecule has 3 rings (SSSR count). The molecule has 1 aliphatic heterocycles. The first-order chi connectivity index (χ1) is 15.1. The van der Waals surface area contributed by atoms with E-state index in [2.05, 4.69) is 5.32 Å². The largest absolute Gasteiger partial charge is 0.466 e. The summed E-state index contributed by atoms with van der Waals surface area (Å²) in [5.41, 5.74) is 0.234. The van der Waals surface area contributed by atoms with Gasteiger partial charge in [-0.1, -0.05) is 49.4 Å². The van der Waals surface area contributed by atoms with Crippen molar-refractivity contribution in [3.05, 3.63) is 48.0 Å². The van der Waals surface area contributed by atoms with Crippen LogP contribution in [-0.4, -0.2) is 52.6 Å². The zero-order valence-corrected chi connectivity index (χ0v) is 19.4. The Kier molecular flexibility index (Phi) is 7.08. The Balaban J connectivity index is 2.10. The fourth-order valence-corrected chi connectivity index (χ4v) is 4.94. The number of amides is 2. The van der Waals surface area contributed by atoms with Crippen molar-refractivity contribution in [1.29, 1.82) is 0 Å². The van der Waals surface area contributed by atoms with Gasteiger partial charge in [-0.05, 0) is 39.2 Å². The number of aliphatic hydroxyl groups is 1. The second-order valence-electron chi connectivity index (χ2n) is 9.66. The van der Waals surface area contributed by atoms with Gasteiger partial charge in [0.2, 0.25) is 11.8 Å². The third-order valence-corrected chi connectivity index (χ3v) is 6.23. The van der Waals surface area contributed by atoms with Crippen LogP contribution in [0.5, 0.6) is 0 Å². The maximum Gasteiger partial charge on any atom is 0.310 e. The Morgan fingerprint density at radius 1 is 1.19 bits per heavy atom. The van der Waals surface area contributed by atoms with Gasteiger partial charge in [0.25, 0.3) is 0 Å². The molecule has 0 unspecified atom stereocenters. The summed E-state index contributed by atoms with van der Waals surface area (Å²) in [5.74, 6) is -3.12. The van der Waals surface area contributed by atoms with Crippen molar-refractivity contribution >= 4 is 17.8 Å². The van der Waals surface area contributed by atoms with E-state index in [4.69, 9.17) is 4.74 Å². The molecule has 1 fully saturated rings. The average molecular weight is 443 g/mol. The van der Waals surface area contributed by atoms with Crippen LogP contribution in [0.15, 0.2) is 42.5 Å². The van der Waals surface area contributed by atoms with E-state index < -0.39 is 41.3 Å². The maximum absolute atomic E-state index is 13.9. The van der Waals surface area contributed by atoms with E-state index in [9.17, 15) is 19.5 Å². The Bertz CT molecular complexity index is 876. The van der Waals surface area contributed by atoms with E-state index in [1.807, 2.05) is 70.2 Å². The number of fused-ring (bicyclic) bond motifs is 1. The number of likely N-dealkylation sites (tertiary alicyclic amines) is 1. The predicted molar refractivity (Wildman–Crippen MR) is 120 cm³/mol. The van der Waals surface area contributed by atoms with Crippen LogP contribution in [0.25, 0.3) is 0 Å². The van der Waals surface area contributed by atoms with Gasteiger partial charge in [0, 0.05) is 11.5 Å². The number of nitrogens with one attached hydrogen (secondary N) is 1. The molecule has 0 bridgehead atoms. The molecule has 2 aliphatic rings. The molecule has 0 saturated carbocycles. The summed E-state index contributed by atoms with van der Waals surface area (Å²) in [6.45, 7) is 9.14. The van der Waals surface area contributed by atoms with Crippen molar-refractivity contribution in [3.8, 4) is 0 Å². The summed E-state index contributed by atoms with van der Waals surface area (Å²) in [5, 5.41) is 13.3. The van der Waals surface area contributed by atoms with Crippen molar-refractivity contribution in [3.63, 3.8) is 0 Å². The van der Waals surface area contributed by atoms with Crippen LogP contribution >= 0.6 is 0 Å². The molecule has 7 heteroatoms. The highest BCUT2D eigenvalue weighted by Crippen LogP contribution is 2.47. The highest BCUT2D eigenvalue weighted by Gasteiger charge is 2.58. The second-order valence-corrected chi connectivity index (χ2v) is 9.66. The number of ether oxygens (including phenoxy) is 1. The summed E-state index contributed by atoms with van der Waals surface area (Å²) in [7, 11) is 0. The topological polar surface area (TPSA) is 95.9 Å². The predicted octanol–water partition coefficient (Wildman–Crippen LogP) is 2.46. The van der Waals surface area contributed by atoms with Crippen LogP contribution in [-0.2, 0) is 19.1 Å². The number of carbonyl (C=O) groups excluding carboxylic acids is 3. The van der Waals surface area contributed by atoms with Gasteiger partial charge in [-0.25, -0.2) is 0 Å². The van der Waals surface area contributed by atoms with Crippen LogP contribution in [0.3, 0.4) is 0 Å². The van der Waals surface area contributed by atoms with E-state index in [-0.39, 0.29) is 30.9 Å². The van der Waals surface area contributed by atoms with Crippen LogP contribution in [0, 0.1) is 23.7 Å². The Hall–Kier alpha value is -2.67. The highest BCUT2D eigenvalue weighted by atomic mass is 16.5. The Morgan fingerprint density at radius 3 is 2.41 bits per heavy atom. The maximum atomic E-state index is 13.9. The van der Waals surface area contributed by atoms with Gasteiger partial charge in [0.15, 0.2) is 0 Å². The van der Waals surface area contributed by atoms with Gasteiger partial charge in [-0.2, -0.15) is 0 Å². The van der Waals surface area contributed by atoms with E-state index in [1.165, 1.54) is 4.90 Å². The third-order valence-electron chi connectivity index (χ3n) is 6.23. The standard InChI is InChI=1S/C25H34N2O5/c1-6-32-24(31)19-15(2)12-13-17-20(19)23(30)27(21(17)22(29)26-25(3,4)5)18(14-28)16-10-8-7-9-11-16/h7-13,15,17-21,28H,6,14H2,1-5H3,(H,26,29)/t15-,17+,18-,19-,20+,21+/m1/s1. The van der Waals surface area contributed by atoms with Crippen molar-refractivity contribution < 1.29 is 24.2 Å². The molecule has 1 aromatic rings. The Morgan fingerprint density at radius 2 is 1.84 bits per heavy atom. The molecule has 6 atom stereocenters. The molecular weight excluding hydrogens is 408 g/mol. The average Bonchev–Trinajstić information content (AvgIpc) is 3.01. The second kappa shape index (κ2) is 9.45. The number of allylic oxidation sites excluding steroid dienone is 1. The molecule has 2 amide bonds. The van der Waals surface area contributed by atoms with Gasteiger partial charge in [0.1, 0.15) is 6.04 Å². The monoisotopic (exact) mass is 442 g/mol. The normalized spacial score (nSPS) is 28.2. The number of hydrogen-bond acceptors (Lipinski definition) is 5. The number of esters is 1. The van der Waals surface area contributed by atoms with Crippen LogP contribution in [0.1, 0.15) is 46.2 Å². The lowest BCUT2D eigenvalue weighted by Gasteiger charge is -2.35. The summed E-state index contributed by atoms with van der Waals surface area (Å²) >= 11 is 0. The number of carbonyl (C=O) groups is 3. The fourth-order valence-electron chi connectivity index (χ4n) is 4.94. The number of aliphatic hydroxyl groups excluding tert-OH is 1. The zero-order chi connectivity index (χ0) is 23.6. The lowest BCUT2D eigenvalue weighted by molar-refractivity contribution is -0.155. The van der Waals surface area contributed by atoms with Gasteiger partial charge in [0.05, 0.1) is 31.1 Å². The number of benzene rings is 1. The molecule has 1 aromatic carbocycles. The van der Waals surface area contributed by atoms with Crippen molar-refractivity contribution in [2.45, 2.75) is 52.2 Å². The Labute approximate surface area is 189 Å². The minimum atomic E-state index is -0.843. The van der Waals surface area contributed by atoms with E-state index in [0.717, 1.165) is 5.56 Å². The molecule has 7 nitrogen and oxygen atoms in total. The summed E-state index contributed by atoms with van der Waals surface area (Å²) in [4.78, 5) is 41.7. The fraction of sp³-hybridized carbons (Fsp3) is 0.560. The van der Waals surface area contributed by atoms with Crippen LogP contribution < -0.4 is 5.32 Å². The molecule has 1 aliphatic carbocycles. The first-order valence-corrected chi connectivity index (χ1v) is 11.3. The van der Waals surface area contributed by atoms with E-state index in [0.29, 0.717) is 0 Å². The molecule has 32 heavy (non-hydrogen) atoms. The van der Waals surface area contributed by atoms with Crippen molar-refractivity contribution in [2.75, 3.05) is 13.2 Å². The first-order valence-electron chi connectivity index (χ1n) is 11.3. The molecule has 0 aromatic heterocycles. The molecule has 2 N–H and O–H groups in total. The lowest BCUT2D eigenvalue weighted by atomic mass is 9.70. The highest BCUT2D eigenvalue weighted by molar-refractivity contribution is 5.96. The van der Waals surface area contributed by atoms with Gasteiger partial charge in [-0.3, -0.25) is 14.4 Å². The smallest absolute Gasteiger partial charge is 0.310 e. The zero-order valence-electron chi connectivity index (χ0n) is 19.4. The van der Waals surface area contributed by atoms with Crippen LogP contribution in [0.4, 0.5) is 0 Å². The molecule has 174 valence electrons. The number of hydrogen-bond donors (Lipinski definition) is 2. The summed E-state index contributed by atoms with van der Waals surface area (Å²) in [6, 6.07) is 7.64. The lowest BCUT2D eigenvalue weighted by Crippen LogP contribution is -2.53. The minimum absolute atomic E-state index is 0.199. The molecular formula is C25H34N2O5. The SMILES string of the molecule is CCOC(=O)[C@H]1[C@H]2C(=O)N([C@H](CO)c3ccccc3)[C@H](C(=O)NC(C)(C)C)[C@H]2C=C[C@H]1C. The van der Waals surface area contributed by atoms with Gasteiger partial charge in [-0.15, -0.1) is 0 Å². The van der Waals surface area contributed by atoms with Gasteiger partial charge < -0.3 is 20.1 Å². The van der Waals surface area contributed by atoms with E-state index >= 15 is 0 Å². The minimum Gasteiger partial charge on any atom is -0.466 e. The quantitative estimate of drug-likeness (QED) is 0.521. The first kappa shape index (κ1) is 24.0. The van der Waals surface area contributed by atoms with Gasteiger partial charge >= 0.3 is 5.97 Å². The summed E-state index contributed by atoms with van der Waals surface area (Å²) in [6.07, 6.45) is 3.78. The third kappa shape index (κ3) is 4.58.